The molecule has 0 saturated heterocycles. The number of methoxy groups -OCH3 is 1. The number of ether oxygens (including phenoxy) is 1. The van der Waals surface area contributed by atoms with E-state index in [1.165, 1.54) is 26.2 Å². The van der Waals surface area contributed by atoms with Gasteiger partial charge in [0.05, 0.1) is 22.7 Å². The van der Waals surface area contributed by atoms with Gasteiger partial charge >= 0.3 is 0 Å². The molecule has 0 spiro atoms. The van der Waals surface area contributed by atoms with Crippen molar-refractivity contribution in [3.8, 4) is 5.75 Å². The molecule has 0 aromatic heterocycles. The lowest BCUT2D eigenvalue weighted by molar-refractivity contribution is -0.114. The summed E-state index contributed by atoms with van der Waals surface area (Å²) in [4.78, 5) is 11.2. The van der Waals surface area contributed by atoms with Crippen molar-refractivity contribution in [3.63, 3.8) is 0 Å². The van der Waals surface area contributed by atoms with E-state index in [0.29, 0.717) is 27.7 Å². The molecule has 0 radical (unpaired) electrons. The predicted octanol–water partition coefficient (Wildman–Crippen LogP) is 3.42. The Labute approximate surface area is 145 Å². The molecule has 0 heterocycles. The number of anilines is 2. The number of sulfonamides is 1. The number of nitrogens with one attached hydrogen (secondary N) is 2. The second-order valence-corrected chi connectivity index (χ2v) is 7.17. The number of halogens is 1. The van der Waals surface area contributed by atoms with Crippen LogP contribution in [0, 0.1) is 6.92 Å². The normalized spacial score (nSPS) is 11.0. The van der Waals surface area contributed by atoms with Crippen LogP contribution >= 0.6 is 11.6 Å². The molecule has 2 rings (SSSR count). The van der Waals surface area contributed by atoms with Crippen molar-refractivity contribution in [1.29, 1.82) is 0 Å². The van der Waals surface area contributed by atoms with E-state index in [0.717, 1.165) is 0 Å². The minimum Gasteiger partial charge on any atom is -0.495 e. The first-order valence-electron chi connectivity index (χ1n) is 6.97. The molecule has 2 N–H and O–H groups in total. The van der Waals surface area contributed by atoms with E-state index in [9.17, 15) is 13.2 Å². The first-order chi connectivity index (χ1) is 11.2. The summed E-state index contributed by atoms with van der Waals surface area (Å²) in [7, 11) is -2.37. The van der Waals surface area contributed by atoms with Crippen LogP contribution in [0.4, 0.5) is 11.4 Å². The van der Waals surface area contributed by atoms with Gasteiger partial charge in [0.1, 0.15) is 5.75 Å². The van der Waals surface area contributed by atoms with Crippen LogP contribution in [0.5, 0.6) is 5.75 Å². The summed E-state index contributed by atoms with van der Waals surface area (Å²) in [5.74, 6) is 0.167. The maximum atomic E-state index is 12.6. The van der Waals surface area contributed by atoms with Crippen molar-refractivity contribution in [2.24, 2.45) is 0 Å². The van der Waals surface area contributed by atoms with Gasteiger partial charge in [-0.3, -0.25) is 9.52 Å². The van der Waals surface area contributed by atoms with Gasteiger partial charge < -0.3 is 10.1 Å². The standard InChI is InChI=1S/C16H17ClN2O4S/c1-10-4-5-12(18-11(2)20)9-16(10)24(21,22)19-13-6-7-15(23-3)14(17)8-13/h4-9,19H,1-3H3,(H,18,20). The number of carbonyl (C=O) groups excluding carboxylic acids is 1. The summed E-state index contributed by atoms with van der Waals surface area (Å²) in [6.45, 7) is 3.03. The van der Waals surface area contributed by atoms with Gasteiger partial charge in [0, 0.05) is 12.6 Å². The van der Waals surface area contributed by atoms with Crippen molar-refractivity contribution < 1.29 is 17.9 Å². The Hall–Kier alpha value is -2.25. The Morgan fingerprint density at radius 2 is 1.79 bits per heavy atom. The summed E-state index contributed by atoms with van der Waals surface area (Å²) < 4.78 is 32.8. The fourth-order valence-electron chi connectivity index (χ4n) is 2.11. The smallest absolute Gasteiger partial charge is 0.262 e. The molecule has 2 aromatic rings. The second kappa shape index (κ2) is 7.11. The Kier molecular flexibility index (Phi) is 5.36. The number of rotatable bonds is 5. The molecule has 0 atom stereocenters. The average molecular weight is 369 g/mol. The van der Waals surface area contributed by atoms with Gasteiger partial charge in [-0.25, -0.2) is 8.42 Å². The molecule has 6 nitrogen and oxygen atoms in total. The van der Waals surface area contributed by atoms with Gasteiger partial charge in [0.15, 0.2) is 0 Å². The van der Waals surface area contributed by atoms with Crippen LogP contribution < -0.4 is 14.8 Å². The quantitative estimate of drug-likeness (QED) is 0.846. The van der Waals surface area contributed by atoms with E-state index in [-0.39, 0.29) is 10.8 Å². The Morgan fingerprint density at radius 3 is 2.38 bits per heavy atom. The third-order valence-corrected chi connectivity index (χ3v) is 5.02. The average Bonchev–Trinajstić information content (AvgIpc) is 2.48. The molecule has 0 bridgehead atoms. The van der Waals surface area contributed by atoms with Gasteiger partial charge in [0.25, 0.3) is 10.0 Å². The molecule has 24 heavy (non-hydrogen) atoms. The molecule has 0 fully saturated rings. The second-order valence-electron chi connectivity index (χ2n) is 5.12. The highest BCUT2D eigenvalue weighted by atomic mass is 35.5. The highest BCUT2D eigenvalue weighted by molar-refractivity contribution is 7.92. The van der Waals surface area contributed by atoms with Gasteiger partial charge in [0.2, 0.25) is 5.91 Å². The zero-order valence-electron chi connectivity index (χ0n) is 13.4. The lowest BCUT2D eigenvalue weighted by Gasteiger charge is -2.13. The number of benzene rings is 2. The first kappa shape index (κ1) is 18.1. The number of hydrogen-bond acceptors (Lipinski definition) is 4. The van der Waals surface area contributed by atoms with E-state index in [1.807, 2.05) is 0 Å². The Bertz CT molecular complexity index is 882. The fourth-order valence-corrected chi connectivity index (χ4v) is 3.69. The molecule has 2 aromatic carbocycles. The Morgan fingerprint density at radius 1 is 1.12 bits per heavy atom. The first-order valence-corrected chi connectivity index (χ1v) is 8.83. The predicted molar refractivity (Wildman–Crippen MR) is 94.3 cm³/mol. The van der Waals surface area contributed by atoms with Crippen LogP contribution in [-0.4, -0.2) is 21.4 Å². The van der Waals surface area contributed by atoms with Gasteiger partial charge in [-0.2, -0.15) is 0 Å². The minimum atomic E-state index is -3.84. The lowest BCUT2D eigenvalue weighted by Crippen LogP contribution is -2.15. The zero-order valence-corrected chi connectivity index (χ0v) is 15.0. The van der Waals surface area contributed by atoms with E-state index in [1.54, 1.807) is 31.2 Å². The highest BCUT2D eigenvalue weighted by Gasteiger charge is 2.18. The van der Waals surface area contributed by atoms with Gasteiger partial charge in [-0.05, 0) is 42.8 Å². The summed E-state index contributed by atoms with van der Waals surface area (Å²) in [6.07, 6.45) is 0. The van der Waals surface area contributed by atoms with Crippen molar-refractivity contribution in [2.45, 2.75) is 18.7 Å². The number of carbonyl (C=O) groups is 1. The molecule has 0 aliphatic heterocycles. The summed E-state index contributed by atoms with van der Waals surface area (Å²) in [5, 5.41) is 2.86. The molecule has 128 valence electrons. The molecule has 0 aliphatic carbocycles. The van der Waals surface area contributed by atoms with Crippen LogP contribution in [0.15, 0.2) is 41.3 Å². The molecule has 0 aliphatic rings. The zero-order chi connectivity index (χ0) is 17.9. The van der Waals surface area contributed by atoms with Crippen LogP contribution in [0.25, 0.3) is 0 Å². The van der Waals surface area contributed by atoms with Crippen LogP contribution in [0.2, 0.25) is 5.02 Å². The SMILES string of the molecule is COc1ccc(NS(=O)(=O)c2cc(NC(C)=O)ccc2C)cc1Cl. The lowest BCUT2D eigenvalue weighted by atomic mass is 10.2. The molecular weight excluding hydrogens is 352 g/mol. The van der Waals surface area contributed by atoms with Crippen molar-refractivity contribution in [2.75, 3.05) is 17.1 Å². The molecular formula is C16H17ClN2O4S. The van der Waals surface area contributed by atoms with Crippen molar-refractivity contribution >= 4 is 38.9 Å². The maximum Gasteiger partial charge on any atom is 0.262 e. The van der Waals surface area contributed by atoms with Gasteiger partial charge in [-0.1, -0.05) is 17.7 Å². The van der Waals surface area contributed by atoms with Crippen LogP contribution in [-0.2, 0) is 14.8 Å². The van der Waals surface area contributed by atoms with Crippen LogP contribution in [0.3, 0.4) is 0 Å². The monoisotopic (exact) mass is 368 g/mol. The third kappa shape index (κ3) is 4.18. The molecule has 1 amide bonds. The van der Waals surface area contributed by atoms with Crippen molar-refractivity contribution in [3.05, 3.63) is 47.0 Å². The van der Waals surface area contributed by atoms with Crippen molar-refractivity contribution in [1.82, 2.24) is 0 Å². The summed E-state index contributed by atoms with van der Waals surface area (Å²) in [6, 6.07) is 9.26. The minimum absolute atomic E-state index is 0.0701. The maximum absolute atomic E-state index is 12.6. The number of hydrogen-bond donors (Lipinski definition) is 2. The largest absolute Gasteiger partial charge is 0.495 e. The highest BCUT2D eigenvalue weighted by Crippen LogP contribution is 2.29. The molecule has 0 unspecified atom stereocenters. The fraction of sp³-hybridized carbons (Fsp3) is 0.188. The van der Waals surface area contributed by atoms with E-state index >= 15 is 0 Å². The molecule has 0 saturated carbocycles. The molecule has 8 heteroatoms. The summed E-state index contributed by atoms with van der Waals surface area (Å²) >= 11 is 6.01. The van der Waals surface area contributed by atoms with E-state index in [4.69, 9.17) is 16.3 Å². The third-order valence-electron chi connectivity index (χ3n) is 3.20. The number of amides is 1. The van der Waals surface area contributed by atoms with E-state index in [2.05, 4.69) is 10.0 Å². The number of aryl methyl sites for hydroxylation is 1. The van der Waals surface area contributed by atoms with E-state index < -0.39 is 10.0 Å². The van der Waals surface area contributed by atoms with Crippen LogP contribution in [0.1, 0.15) is 12.5 Å². The topological polar surface area (TPSA) is 84.5 Å². The summed E-state index contributed by atoms with van der Waals surface area (Å²) in [5.41, 5.74) is 1.27. The Balaban J connectivity index is 2.36. The van der Waals surface area contributed by atoms with Gasteiger partial charge in [-0.15, -0.1) is 0 Å².